The van der Waals surface area contributed by atoms with Crippen LogP contribution in [0.25, 0.3) is 0 Å². The summed E-state index contributed by atoms with van der Waals surface area (Å²) in [6.07, 6.45) is 15.2. The van der Waals surface area contributed by atoms with Gasteiger partial charge in [0.05, 0.1) is 22.7 Å². The molecule has 2 fully saturated rings. The molecule has 3 aliphatic rings. The number of alkyl halides is 1. The molecule has 7 heteroatoms. The van der Waals surface area contributed by atoms with Gasteiger partial charge < -0.3 is 4.74 Å². The Morgan fingerprint density at radius 2 is 2.10 bits per heavy atom. The van der Waals surface area contributed by atoms with Gasteiger partial charge in [0.2, 0.25) is 0 Å². The van der Waals surface area contributed by atoms with Gasteiger partial charge in [-0.2, -0.15) is 0 Å². The molecule has 0 radical (unpaired) electrons. The number of carbonyl (C=O) groups is 1. The van der Waals surface area contributed by atoms with Gasteiger partial charge >= 0.3 is 6.09 Å². The molecule has 0 aromatic heterocycles. The molecule has 5 nitrogen and oxygen atoms in total. The largest absolute Gasteiger partial charge is 0.448 e. The fourth-order valence-electron chi connectivity index (χ4n) is 3.96. The van der Waals surface area contributed by atoms with E-state index in [1.54, 1.807) is 0 Å². The van der Waals surface area contributed by atoms with Gasteiger partial charge in [-0.05, 0) is 37.8 Å². The van der Waals surface area contributed by atoms with Crippen molar-refractivity contribution in [3.63, 3.8) is 0 Å². The highest BCUT2D eigenvalue weighted by Gasteiger charge is 2.39. The number of hydrogen-bond donors (Lipinski definition) is 0. The normalized spacial score (nSPS) is 25.3. The van der Waals surface area contributed by atoms with Gasteiger partial charge in [-0.25, -0.2) is 13.3 Å². The van der Waals surface area contributed by atoms with Crippen molar-refractivity contribution >= 4 is 28.7 Å². The summed E-state index contributed by atoms with van der Waals surface area (Å²) in [4.78, 5) is 14.5. The van der Waals surface area contributed by atoms with E-state index in [0.717, 1.165) is 29.7 Å². The van der Waals surface area contributed by atoms with Crippen LogP contribution >= 0.6 is 11.6 Å². The van der Waals surface area contributed by atoms with Gasteiger partial charge in [0.25, 0.3) is 0 Å². The van der Waals surface area contributed by atoms with Crippen molar-refractivity contribution in [2.45, 2.75) is 32.7 Å². The minimum absolute atomic E-state index is 0.0643. The lowest BCUT2D eigenvalue weighted by Gasteiger charge is -2.42. The third-order valence-corrected chi connectivity index (χ3v) is 7.38. The number of allylic oxidation sites excluding steroid dienone is 7. The molecule has 158 valence electrons. The van der Waals surface area contributed by atoms with Crippen molar-refractivity contribution < 1.29 is 13.7 Å². The predicted molar refractivity (Wildman–Crippen MR) is 119 cm³/mol. The highest BCUT2D eigenvalue weighted by atomic mass is 35.5. The molecule has 2 heterocycles. The number of amides is 1. The highest BCUT2D eigenvalue weighted by Crippen LogP contribution is 2.34. The number of halogens is 1. The Labute approximate surface area is 181 Å². The highest BCUT2D eigenvalue weighted by molar-refractivity contribution is 7.82. The molecular formula is C22H29ClN2O3S. The van der Waals surface area contributed by atoms with E-state index < -0.39 is 11.0 Å². The van der Waals surface area contributed by atoms with Gasteiger partial charge in [0, 0.05) is 30.7 Å². The topological polar surface area (TPSA) is 49.9 Å². The summed E-state index contributed by atoms with van der Waals surface area (Å²) < 4.78 is 20.2. The van der Waals surface area contributed by atoms with E-state index in [1.165, 1.54) is 0 Å². The van der Waals surface area contributed by atoms with Crippen LogP contribution in [0.15, 0.2) is 59.4 Å². The lowest BCUT2D eigenvalue weighted by Crippen LogP contribution is -2.51. The summed E-state index contributed by atoms with van der Waals surface area (Å²) in [5.74, 6) is 0.923. The number of carbonyl (C=O) groups excluding carboxylic acids is 1. The Bertz CT molecular complexity index is 792. The fourth-order valence-corrected chi connectivity index (χ4v) is 5.57. The van der Waals surface area contributed by atoms with Gasteiger partial charge in [0.1, 0.15) is 6.61 Å². The first-order chi connectivity index (χ1) is 14.0. The molecule has 0 aromatic rings. The smallest absolute Gasteiger partial charge is 0.414 e. The Morgan fingerprint density at radius 3 is 2.79 bits per heavy atom. The third-order valence-electron chi connectivity index (χ3n) is 5.48. The summed E-state index contributed by atoms with van der Waals surface area (Å²) >= 11 is 5.99. The number of hydrogen-bond acceptors (Lipinski definition) is 3. The minimum atomic E-state index is -1.11. The fraction of sp³-hybridized carbons (Fsp3) is 0.500. The number of cyclic esters (lactones) is 1. The van der Waals surface area contributed by atoms with E-state index in [0.29, 0.717) is 31.3 Å². The average molecular weight is 437 g/mol. The lowest BCUT2D eigenvalue weighted by molar-refractivity contribution is 0.0524. The maximum absolute atomic E-state index is 12.8. The van der Waals surface area contributed by atoms with Crippen LogP contribution in [-0.2, 0) is 15.7 Å². The maximum atomic E-state index is 12.8. The van der Waals surface area contributed by atoms with Crippen LogP contribution in [0, 0.1) is 5.92 Å². The molecule has 0 saturated carbocycles. The van der Waals surface area contributed by atoms with E-state index in [-0.39, 0.29) is 18.1 Å². The molecule has 1 amide bonds. The molecule has 0 N–H and O–H groups in total. The summed E-state index contributed by atoms with van der Waals surface area (Å²) in [5, 5.41) is 0. The molecule has 0 bridgehead atoms. The minimum Gasteiger partial charge on any atom is -0.448 e. The van der Waals surface area contributed by atoms with Gasteiger partial charge in [-0.1, -0.05) is 42.5 Å². The summed E-state index contributed by atoms with van der Waals surface area (Å²) in [6.45, 7) is 5.75. The number of rotatable bonds is 6. The molecule has 1 aliphatic carbocycles. The maximum Gasteiger partial charge on any atom is 0.414 e. The zero-order chi connectivity index (χ0) is 20.8. The lowest BCUT2D eigenvalue weighted by atomic mass is 9.96. The van der Waals surface area contributed by atoms with Crippen LogP contribution in [0.4, 0.5) is 4.79 Å². The first-order valence-electron chi connectivity index (χ1n) is 10.1. The van der Waals surface area contributed by atoms with Crippen molar-refractivity contribution in [1.29, 1.82) is 0 Å². The molecule has 2 aliphatic heterocycles. The van der Waals surface area contributed by atoms with Gasteiger partial charge in [0.15, 0.2) is 0 Å². The van der Waals surface area contributed by atoms with Crippen LogP contribution in [0.1, 0.15) is 26.7 Å². The van der Waals surface area contributed by atoms with Crippen LogP contribution in [-0.4, -0.2) is 56.9 Å². The molecule has 0 spiro atoms. The van der Waals surface area contributed by atoms with Crippen molar-refractivity contribution in [3.8, 4) is 0 Å². The second-order valence-electron chi connectivity index (χ2n) is 7.48. The molecule has 2 saturated heterocycles. The quantitative estimate of drug-likeness (QED) is 0.460. The monoisotopic (exact) mass is 436 g/mol. The Morgan fingerprint density at radius 1 is 1.34 bits per heavy atom. The zero-order valence-corrected chi connectivity index (χ0v) is 18.6. The second-order valence-corrected chi connectivity index (χ2v) is 9.19. The molecule has 2 unspecified atom stereocenters. The van der Waals surface area contributed by atoms with Crippen LogP contribution in [0.2, 0.25) is 0 Å². The first kappa shape index (κ1) is 22.1. The standard InChI is InChI=1S/C22H29ClN2O3S/c1-3-4-8-18(14-23)16-29(27)24-12-10-20(11-13-24)25-21-17(2)7-5-6-9-19(21)15-28-22(25)26/h3-9,19-20H,10-16H2,1-2H3/b4-3-,18-8+. The van der Waals surface area contributed by atoms with Gasteiger partial charge in [-0.3, -0.25) is 4.90 Å². The molecule has 0 aromatic carbocycles. The number of fused-ring (bicyclic) bond motifs is 1. The van der Waals surface area contributed by atoms with E-state index >= 15 is 0 Å². The van der Waals surface area contributed by atoms with E-state index in [9.17, 15) is 9.00 Å². The van der Waals surface area contributed by atoms with E-state index in [1.807, 2.05) is 59.5 Å². The Hall–Kier alpha value is -1.63. The Balaban J connectivity index is 1.66. The third kappa shape index (κ3) is 5.30. The van der Waals surface area contributed by atoms with Crippen molar-refractivity contribution in [3.05, 3.63) is 59.4 Å². The SMILES string of the molecule is C/C=C\C=C(/CCl)CS(=O)N1CCC(N2C(=O)OCC3C=CC=CC(C)=C32)CC1. The second kappa shape index (κ2) is 10.4. The number of nitrogens with zero attached hydrogens (tertiary/aromatic N) is 2. The van der Waals surface area contributed by atoms with Crippen molar-refractivity contribution in [1.82, 2.24) is 9.21 Å². The van der Waals surface area contributed by atoms with Crippen molar-refractivity contribution in [2.75, 3.05) is 31.3 Å². The van der Waals surface area contributed by atoms with Crippen LogP contribution < -0.4 is 0 Å². The average Bonchev–Trinajstić information content (AvgIpc) is 2.92. The predicted octanol–water partition coefficient (Wildman–Crippen LogP) is 4.32. The summed E-state index contributed by atoms with van der Waals surface area (Å²) in [6, 6.07) is 0.0643. The van der Waals surface area contributed by atoms with Gasteiger partial charge in [-0.15, -0.1) is 11.6 Å². The zero-order valence-electron chi connectivity index (χ0n) is 17.1. The number of piperidine rings is 1. The van der Waals surface area contributed by atoms with Crippen LogP contribution in [0.5, 0.6) is 0 Å². The molecule has 3 rings (SSSR count). The molecular weight excluding hydrogens is 408 g/mol. The molecule has 29 heavy (non-hydrogen) atoms. The van der Waals surface area contributed by atoms with E-state index in [4.69, 9.17) is 16.3 Å². The summed E-state index contributed by atoms with van der Waals surface area (Å²) in [7, 11) is -1.11. The number of ether oxygens (including phenoxy) is 1. The van der Waals surface area contributed by atoms with Crippen LogP contribution in [0.3, 0.4) is 0 Å². The van der Waals surface area contributed by atoms with E-state index in [2.05, 4.69) is 6.08 Å². The Kier molecular flexibility index (Phi) is 7.92. The first-order valence-corrected chi connectivity index (χ1v) is 11.9. The summed E-state index contributed by atoms with van der Waals surface area (Å²) in [5.41, 5.74) is 3.11. The molecule has 2 atom stereocenters. The van der Waals surface area contributed by atoms with Crippen molar-refractivity contribution in [2.24, 2.45) is 5.92 Å².